The first-order chi connectivity index (χ1) is 8.65. The molecule has 2 aromatic rings. The highest BCUT2D eigenvalue weighted by Crippen LogP contribution is 2.19. The van der Waals surface area contributed by atoms with E-state index in [1.54, 1.807) is 11.3 Å². The van der Waals surface area contributed by atoms with Crippen molar-refractivity contribution in [3.63, 3.8) is 0 Å². The highest BCUT2D eigenvalue weighted by atomic mass is 32.1. The van der Waals surface area contributed by atoms with E-state index in [1.807, 2.05) is 6.20 Å². The summed E-state index contributed by atoms with van der Waals surface area (Å²) in [5.74, 6) is 0.529. The van der Waals surface area contributed by atoms with Crippen molar-refractivity contribution in [1.29, 1.82) is 0 Å². The van der Waals surface area contributed by atoms with Gasteiger partial charge in [-0.25, -0.2) is 4.98 Å². The van der Waals surface area contributed by atoms with Gasteiger partial charge in [-0.05, 0) is 18.5 Å². The summed E-state index contributed by atoms with van der Waals surface area (Å²) in [7, 11) is 2.13. The summed E-state index contributed by atoms with van der Waals surface area (Å²) >= 11 is 1.56. The van der Waals surface area contributed by atoms with Crippen LogP contribution in [-0.4, -0.2) is 23.5 Å². The van der Waals surface area contributed by atoms with Gasteiger partial charge in [0.05, 0.1) is 0 Å². The molecule has 0 fully saturated rings. The Morgan fingerprint density at radius 3 is 2.67 bits per heavy atom. The molecule has 1 heterocycles. The van der Waals surface area contributed by atoms with E-state index in [2.05, 4.69) is 54.2 Å². The maximum absolute atomic E-state index is 5.64. The molecule has 0 bridgehead atoms. The standard InChI is InChI=1S/C14H19N3S/c1-11(12-6-4-3-5-7-12)9-17(2)10-13-8-16-14(15)18-13/h3-8,11H,9-10H2,1-2H3,(H2,15,16). The van der Waals surface area contributed by atoms with Crippen molar-refractivity contribution in [2.45, 2.75) is 19.4 Å². The maximum Gasteiger partial charge on any atom is 0.180 e. The van der Waals surface area contributed by atoms with Crippen molar-refractivity contribution in [3.05, 3.63) is 47.0 Å². The Hall–Kier alpha value is -1.39. The Balaban J connectivity index is 1.89. The third kappa shape index (κ3) is 3.55. The first kappa shape index (κ1) is 13.1. The predicted molar refractivity (Wildman–Crippen MR) is 77.7 cm³/mol. The Morgan fingerprint density at radius 2 is 2.06 bits per heavy atom. The van der Waals surface area contributed by atoms with E-state index in [4.69, 9.17) is 5.73 Å². The topological polar surface area (TPSA) is 42.2 Å². The molecule has 4 heteroatoms. The van der Waals surface area contributed by atoms with Gasteiger partial charge in [0.1, 0.15) is 0 Å². The average molecular weight is 261 g/mol. The molecule has 0 radical (unpaired) electrons. The van der Waals surface area contributed by atoms with E-state index >= 15 is 0 Å². The summed E-state index contributed by atoms with van der Waals surface area (Å²) in [5, 5.41) is 0.648. The predicted octanol–water partition coefficient (Wildman–Crippen LogP) is 2.96. The number of anilines is 1. The molecule has 0 saturated carbocycles. The Morgan fingerprint density at radius 1 is 1.33 bits per heavy atom. The second-order valence-electron chi connectivity index (χ2n) is 4.67. The number of hydrogen-bond donors (Lipinski definition) is 1. The summed E-state index contributed by atoms with van der Waals surface area (Å²) in [6, 6.07) is 10.6. The lowest BCUT2D eigenvalue weighted by molar-refractivity contribution is 0.312. The molecule has 96 valence electrons. The summed E-state index contributed by atoms with van der Waals surface area (Å²) in [4.78, 5) is 7.60. The number of aromatic nitrogens is 1. The second kappa shape index (κ2) is 5.98. The van der Waals surface area contributed by atoms with Crippen LogP contribution in [0.5, 0.6) is 0 Å². The molecule has 0 aliphatic rings. The zero-order chi connectivity index (χ0) is 13.0. The van der Waals surface area contributed by atoms with E-state index < -0.39 is 0 Å². The van der Waals surface area contributed by atoms with Gasteiger partial charge in [0.25, 0.3) is 0 Å². The largest absolute Gasteiger partial charge is 0.375 e. The van der Waals surface area contributed by atoms with Crippen LogP contribution >= 0.6 is 11.3 Å². The summed E-state index contributed by atoms with van der Waals surface area (Å²) in [5.41, 5.74) is 7.02. The molecule has 1 aromatic carbocycles. The number of likely N-dealkylation sites (N-methyl/N-ethyl adjacent to an activating group) is 1. The van der Waals surface area contributed by atoms with Crippen molar-refractivity contribution >= 4 is 16.5 Å². The molecule has 0 aliphatic heterocycles. The van der Waals surface area contributed by atoms with Crippen molar-refractivity contribution < 1.29 is 0 Å². The Labute approximate surface area is 112 Å². The molecule has 1 atom stereocenters. The molecule has 0 saturated heterocycles. The third-order valence-electron chi connectivity index (χ3n) is 2.95. The average Bonchev–Trinajstić information content (AvgIpc) is 2.75. The second-order valence-corrected chi connectivity index (χ2v) is 5.82. The van der Waals surface area contributed by atoms with E-state index in [-0.39, 0.29) is 0 Å². The number of rotatable bonds is 5. The highest BCUT2D eigenvalue weighted by molar-refractivity contribution is 7.15. The molecule has 0 amide bonds. The van der Waals surface area contributed by atoms with Gasteiger partial charge in [0.2, 0.25) is 0 Å². The van der Waals surface area contributed by atoms with Crippen molar-refractivity contribution in [1.82, 2.24) is 9.88 Å². The minimum Gasteiger partial charge on any atom is -0.375 e. The SMILES string of the molecule is CC(CN(C)Cc1cnc(N)s1)c1ccccc1. The van der Waals surface area contributed by atoms with Gasteiger partial charge >= 0.3 is 0 Å². The lowest BCUT2D eigenvalue weighted by Gasteiger charge is -2.20. The summed E-state index contributed by atoms with van der Waals surface area (Å²) < 4.78 is 0. The molecular formula is C14H19N3S. The summed E-state index contributed by atoms with van der Waals surface area (Å²) in [6.07, 6.45) is 1.86. The first-order valence-electron chi connectivity index (χ1n) is 6.09. The minimum atomic E-state index is 0.529. The smallest absolute Gasteiger partial charge is 0.180 e. The minimum absolute atomic E-state index is 0.529. The fourth-order valence-corrected chi connectivity index (χ4v) is 2.85. The number of hydrogen-bond acceptors (Lipinski definition) is 4. The van der Waals surface area contributed by atoms with Gasteiger partial charge in [-0.3, -0.25) is 0 Å². The van der Waals surface area contributed by atoms with Crippen LogP contribution in [0.2, 0.25) is 0 Å². The van der Waals surface area contributed by atoms with Gasteiger partial charge < -0.3 is 10.6 Å². The van der Waals surface area contributed by atoms with Crippen LogP contribution in [-0.2, 0) is 6.54 Å². The number of thiazole rings is 1. The zero-order valence-corrected chi connectivity index (χ0v) is 11.7. The molecule has 0 spiro atoms. The number of nitrogens with zero attached hydrogens (tertiary/aromatic N) is 2. The molecule has 2 N–H and O–H groups in total. The van der Waals surface area contributed by atoms with Gasteiger partial charge in [-0.15, -0.1) is 11.3 Å². The van der Waals surface area contributed by atoms with E-state index in [0.29, 0.717) is 11.0 Å². The fraction of sp³-hybridized carbons (Fsp3) is 0.357. The third-order valence-corrected chi connectivity index (χ3v) is 3.76. The zero-order valence-electron chi connectivity index (χ0n) is 10.8. The summed E-state index contributed by atoms with van der Waals surface area (Å²) in [6.45, 7) is 4.20. The van der Waals surface area contributed by atoms with E-state index in [9.17, 15) is 0 Å². The van der Waals surface area contributed by atoms with E-state index in [0.717, 1.165) is 13.1 Å². The number of benzene rings is 1. The quantitative estimate of drug-likeness (QED) is 0.899. The molecule has 1 aromatic heterocycles. The molecular weight excluding hydrogens is 242 g/mol. The fourth-order valence-electron chi connectivity index (χ4n) is 2.08. The lowest BCUT2D eigenvalue weighted by Crippen LogP contribution is -2.22. The first-order valence-corrected chi connectivity index (χ1v) is 6.90. The van der Waals surface area contributed by atoms with Gasteiger partial charge in [-0.2, -0.15) is 0 Å². The molecule has 0 aliphatic carbocycles. The molecule has 3 nitrogen and oxygen atoms in total. The van der Waals surface area contributed by atoms with E-state index in [1.165, 1.54) is 10.4 Å². The van der Waals surface area contributed by atoms with Crippen LogP contribution in [0, 0.1) is 0 Å². The number of nitrogens with two attached hydrogens (primary N) is 1. The molecule has 2 rings (SSSR count). The monoisotopic (exact) mass is 261 g/mol. The lowest BCUT2D eigenvalue weighted by atomic mass is 10.0. The van der Waals surface area contributed by atoms with Crippen LogP contribution in [0.1, 0.15) is 23.3 Å². The molecule has 1 unspecified atom stereocenters. The van der Waals surface area contributed by atoms with Gasteiger partial charge in [0.15, 0.2) is 5.13 Å². The van der Waals surface area contributed by atoms with Crippen LogP contribution in [0.15, 0.2) is 36.5 Å². The van der Waals surface area contributed by atoms with Crippen LogP contribution in [0.25, 0.3) is 0 Å². The van der Waals surface area contributed by atoms with Crippen molar-refractivity contribution in [3.8, 4) is 0 Å². The van der Waals surface area contributed by atoms with Crippen LogP contribution in [0.4, 0.5) is 5.13 Å². The van der Waals surface area contributed by atoms with Gasteiger partial charge in [0, 0.05) is 24.2 Å². The van der Waals surface area contributed by atoms with Crippen molar-refractivity contribution in [2.24, 2.45) is 0 Å². The number of nitrogen functional groups attached to an aromatic ring is 1. The van der Waals surface area contributed by atoms with Crippen molar-refractivity contribution in [2.75, 3.05) is 19.3 Å². The Kier molecular flexibility index (Phi) is 4.33. The highest BCUT2D eigenvalue weighted by Gasteiger charge is 2.10. The maximum atomic E-state index is 5.64. The Bertz CT molecular complexity index is 481. The van der Waals surface area contributed by atoms with Gasteiger partial charge in [-0.1, -0.05) is 37.3 Å². The van der Waals surface area contributed by atoms with Crippen LogP contribution in [0.3, 0.4) is 0 Å². The van der Waals surface area contributed by atoms with Crippen LogP contribution < -0.4 is 5.73 Å². The molecule has 18 heavy (non-hydrogen) atoms. The normalized spacial score (nSPS) is 12.8.